The van der Waals surface area contributed by atoms with Gasteiger partial charge in [0.1, 0.15) is 5.82 Å². The van der Waals surface area contributed by atoms with Crippen LogP contribution in [0.3, 0.4) is 0 Å². The molecule has 0 unspecified atom stereocenters. The van der Waals surface area contributed by atoms with Crippen molar-refractivity contribution >= 4 is 51.5 Å². The van der Waals surface area contributed by atoms with E-state index in [2.05, 4.69) is 5.32 Å². The summed E-state index contributed by atoms with van der Waals surface area (Å²) in [5.41, 5.74) is 0.875. The van der Waals surface area contributed by atoms with E-state index in [-0.39, 0.29) is 33.1 Å². The van der Waals surface area contributed by atoms with Gasteiger partial charge < -0.3 is 9.88 Å². The fraction of sp³-hybridized carbons (Fsp3) is 0.0435. The molecule has 0 bridgehead atoms. The smallest absolute Gasteiger partial charge is 0.270 e. The monoisotopic (exact) mass is 467 g/mol. The fourth-order valence-electron chi connectivity index (χ4n) is 3.49. The number of benzene rings is 3. The summed E-state index contributed by atoms with van der Waals surface area (Å²) in [6.45, 7) is 0. The number of hydrogen-bond donors (Lipinski definition) is 1. The van der Waals surface area contributed by atoms with E-state index < -0.39 is 10.8 Å². The molecule has 160 valence electrons. The van der Waals surface area contributed by atoms with Crippen LogP contribution in [0.15, 0.2) is 71.5 Å². The molecule has 0 aliphatic heterocycles. The summed E-state index contributed by atoms with van der Waals surface area (Å²) in [7, 11) is 1.71. The van der Waals surface area contributed by atoms with Crippen LogP contribution in [0.2, 0.25) is 10.0 Å². The largest absolute Gasteiger partial charge is 0.330 e. The van der Waals surface area contributed by atoms with Crippen molar-refractivity contribution < 1.29 is 9.72 Å². The zero-order chi connectivity index (χ0) is 23.0. The summed E-state index contributed by atoms with van der Waals surface area (Å²) in [4.78, 5) is 36.9. The van der Waals surface area contributed by atoms with Crippen LogP contribution in [0.5, 0.6) is 0 Å². The predicted molar refractivity (Wildman–Crippen MR) is 126 cm³/mol. The van der Waals surface area contributed by atoms with Crippen molar-refractivity contribution in [1.82, 2.24) is 4.57 Å². The second-order valence-electron chi connectivity index (χ2n) is 7.02. The molecule has 0 radical (unpaired) electrons. The number of fused-ring (bicyclic) bond motifs is 1. The normalized spacial score (nSPS) is 10.8. The average Bonchev–Trinajstić information content (AvgIpc) is 2.79. The Kier molecular flexibility index (Phi) is 5.69. The van der Waals surface area contributed by atoms with E-state index in [0.717, 1.165) is 0 Å². The molecular formula is C23H15Cl2N3O4. The minimum absolute atomic E-state index is 0.0832. The number of para-hydroxylation sites is 1. The van der Waals surface area contributed by atoms with Crippen LogP contribution in [0.4, 0.5) is 11.5 Å². The molecule has 0 aliphatic carbocycles. The maximum atomic E-state index is 13.4. The number of nitrogens with one attached hydrogen (secondary N) is 1. The van der Waals surface area contributed by atoms with Crippen molar-refractivity contribution in [3.8, 4) is 11.1 Å². The first-order valence-electron chi connectivity index (χ1n) is 9.41. The van der Waals surface area contributed by atoms with Gasteiger partial charge in [0.05, 0.1) is 26.0 Å². The Morgan fingerprint density at radius 1 is 1.00 bits per heavy atom. The molecule has 4 aromatic rings. The van der Waals surface area contributed by atoms with Crippen LogP contribution in [-0.4, -0.2) is 15.4 Å². The van der Waals surface area contributed by atoms with Gasteiger partial charge in [-0.3, -0.25) is 19.7 Å². The SMILES string of the molecule is Cn1c(NC(=O)c2cccc([N+](=O)[O-])c2)c(-c2ccc(Cl)c(Cl)c2)c(=O)c2ccccc21. The van der Waals surface area contributed by atoms with Gasteiger partial charge in [0.25, 0.3) is 11.6 Å². The Morgan fingerprint density at radius 3 is 2.47 bits per heavy atom. The van der Waals surface area contributed by atoms with Gasteiger partial charge in [-0.1, -0.05) is 47.5 Å². The molecule has 1 amide bonds. The molecule has 1 N–H and O–H groups in total. The zero-order valence-corrected chi connectivity index (χ0v) is 18.1. The first-order chi connectivity index (χ1) is 15.3. The van der Waals surface area contributed by atoms with Crippen LogP contribution in [0.1, 0.15) is 10.4 Å². The summed E-state index contributed by atoms with van der Waals surface area (Å²) in [5.74, 6) is -0.371. The van der Waals surface area contributed by atoms with Crippen LogP contribution < -0.4 is 10.7 Å². The van der Waals surface area contributed by atoms with Gasteiger partial charge >= 0.3 is 0 Å². The van der Waals surface area contributed by atoms with E-state index in [9.17, 15) is 19.7 Å². The number of rotatable bonds is 4. The van der Waals surface area contributed by atoms with Crippen LogP contribution in [0, 0.1) is 10.1 Å². The van der Waals surface area contributed by atoms with E-state index >= 15 is 0 Å². The number of halogens is 2. The lowest BCUT2D eigenvalue weighted by Gasteiger charge is -2.18. The van der Waals surface area contributed by atoms with Crippen molar-refractivity contribution in [2.24, 2.45) is 7.05 Å². The van der Waals surface area contributed by atoms with Crippen molar-refractivity contribution in [3.05, 3.63) is 103 Å². The second kappa shape index (κ2) is 8.45. The van der Waals surface area contributed by atoms with Crippen LogP contribution >= 0.6 is 23.2 Å². The molecule has 32 heavy (non-hydrogen) atoms. The van der Waals surface area contributed by atoms with Crippen LogP contribution in [-0.2, 0) is 7.05 Å². The quantitative estimate of drug-likeness (QED) is 0.308. The third-order valence-corrected chi connectivity index (χ3v) is 5.81. The van der Waals surface area contributed by atoms with E-state index in [0.29, 0.717) is 21.5 Å². The number of nitro groups is 1. The standard InChI is InChI=1S/C23H15Cl2N3O4/c1-27-19-8-3-2-7-16(19)21(29)20(13-9-10-17(24)18(25)12-13)22(27)26-23(30)14-5-4-6-15(11-14)28(31)32/h2-12H,1H3,(H,26,30). The minimum Gasteiger partial charge on any atom is -0.330 e. The number of aryl methyl sites for hydroxylation is 1. The number of carbonyl (C=O) groups is 1. The maximum absolute atomic E-state index is 13.4. The maximum Gasteiger partial charge on any atom is 0.270 e. The molecule has 0 spiro atoms. The first kappa shape index (κ1) is 21.5. The van der Waals surface area contributed by atoms with Gasteiger partial charge in [0, 0.05) is 30.1 Å². The summed E-state index contributed by atoms with van der Waals surface area (Å²) in [6, 6.07) is 17.1. The van der Waals surface area contributed by atoms with Crippen LogP contribution in [0.25, 0.3) is 22.0 Å². The number of anilines is 1. The summed E-state index contributed by atoms with van der Waals surface area (Å²) < 4.78 is 1.68. The van der Waals surface area contributed by atoms with Crippen molar-refractivity contribution in [2.75, 3.05) is 5.32 Å². The number of aromatic nitrogens is 1. The molecule has 0 aliphatic rings. The van der Waals surface area contributed by atoms with E-state index in [1.807, 2.05) is 0 Å². The predicted octanol–water partition coefficient (Wildman–Crippen LogP) is 5.67. The minimum atomic E-state index is -0.597. The van der Waals surface area contributed by atoms with Gasteiger partial charge in [-0.25, -0.2) is 0 Å². The van der Waals surface area contributed by atoms with E-state index in [4.69, 9.17) is 23.2 Å². The first-order valence-corrected chi connectivity index (χ1v) is 10.2. The van der Waals surface area contributed by atoms with E-state index in [1.165, 1.54) is 24.3 Å². The third kappa shape index (κ3) is 3.84. The Morgan fingerprint density at radius 2 is 1.75 bits per heavy atom. The van der Waals surface area contributed by atoms with E-state index in [1.54, 1.807) is 54.1 Å². The highest BCUT2D eigenvalue weighted by molar-refractivity contribution is 6.42. The Labute approximate surface area is 192 Å². The number of non-ortho nitro benzene ring substituents is 1. The number of nitro benzene ring substituents is 1. The second-order valence-corrected chi connectivity index (χ2v) is 7.83. The number of pyridine rings is 1. The van der Waals surface area contributed by atoms with Crippen molar-refractivity contribution in [1.29, 1.82) is 0 Å². The number of hydrogen-bond acceptors (Lipinski definition) is 4. The highest BCUT2D eigenvalue weighted by Gasteiger charge is 2.21. The molecule has 0 saturated carbocycles. The van der Waals surface area contributed by atoms with Gasteiger partial charge in [0.2, 0.25) is 0 Å². The molecule has 7 nitrogen and oxygen atoms in total. The zero-order valence-electron chi connectivity index (χ0n) is 16.6. The molecule has 1 heterocycles. The lowest BCUT2D eigenvalue weighted by atomic mass is 10.0. The summed E-state index contributed by atoms with van der Waals surface area (Å²) in [5, 5.41) is 14.9. The lowest BCUT2D eigenvalue weighted by molar-refractivity contribution is -0.384. The number of amides is 1. The lowest BCUT2D eigenvalue weighted by Crippen LogP contribution is -2.21. The van der Waals surface area contributed by atoms with Gasteiger partial charge in [-0.2, -0.15) is 0 Å². The number of carbonyl (C=O) groups excluding carboxylic acids is 1. The third-order valence-electron chi connectivity index (χ3n) is 5.07. The molecular weight excluding hydrogens is 453 g/mol. The highest BCUT2D eigenvalue weighted by Crippen LogP contribution is 2.33. The molecule has 0 saturated heterocycles. The summed E-state index contributed by atoms with van der Waals surface area (Å²) in [6.07, 6.45) is 0. The summed E-state index contributed by atoms with van der Waals surface area (Å²) >= 11 is 12.2. The molecule has 3 aromatic carbocycles. The highest BCUT2D eigenvalue weighted by atomic mass is 35.5. The Hall–Kier alpha value is -3.68. The average molecular weight is 468 g/mol. The molecule has 4 rings (SSSR count). The molecule has 0 atom stereocenters. The van der Waals surface area contributed by atoms with Crippen molar-refractivity contribution in [2.45, 2.75) is 0 Å². The van der Waals surface area contributed by atoms with Gasteiger partial charge in [-0.15, -0.1) is 0 Å². The number of nitrogens with zero attached hydrogens (tertiary/aromatic N) is 2. The molecule has 0 fully saturated rings. The Bertz CT molecular complexity index is 1460. The fourth-order valence-corrected chi connectivity index (χ4v) is 3.79. The Balaban J connectivity index is 1.93. The molecule has 1 aromatic heterocycles. The van der Waals surface area contributed by atoms with Crippen molar-refractivity contribution in [3.63, 3.8) is 0 Å². The van der Waals surface area contributed by atoms with Gasteiger partial charge in [0.15, 0.2) is 5.43 Å². The molecule has 9 heteroatoms. The topological polar surface area (TPSA) is 94.2 Å². The van der Waals surface area contributed by atoms with Gasteiger partial charge in [-0.05, 0) is 35.9 Å².